The molecule has 32 heavy (non-hydrogen) atoms. The molecule has 1 aromatic heterocycles. The second kappa shape index (κ2) is 8.79. The number of oxazole rings is 1. The molecule has 5 rings (SSSR count). The van der Waals surface area contributed by atoms with E-state index in [1.165, 1.54) is 11.1 Å². The van der Waals surface area contributed by atoms with Crippen LogP contribution in [0.2, 0.25) is 0 Å². The second-order valence-corrected chi connectivity index (χ2v) is 8.62. The molecule has 2 aliphatic heterocycles. The van der Waals surface area contributed by atoms with Crippen LogP contribution in [0.25, 0.3) is 11.5 Å². The smallest absolute Gasteiger partial charge is 0.255 e. The molecule has 1 fully saturated rings. The first-order valence-corrected chi connectivity index (χ1v) is 11.3. The summed E-state index contributed by atoms with van der Waals surface area (Å²) in [6.07, 6.45) is 5.02. The molecule has 2 aliphatic rings. The van der Waals surface area contributed by atoms with Gasteiger partial charge in [-0.25, -0.2) is 4.98 Å². The van der Waals surface area contributed by atoms with Gasteiger partial charge in [0.15, 0.2) is 0 Å². The van der Waals surface area contributed by atoms with Gasteiger partial charge in [0.2, 0.25) is 5.89 Å². The van der Waals surface area contributed by atoms with Crippen LogP contribution in [0.15, 0.2) is 40.9 Å². The van der Waals surface area contributed by atoms with Gasteiger partial charge < -0.3 is 19.2 Å². The minimum atomic E-state index is -0.0501. The third-order valence-electron chi connectivity index (χ3n) is 6.39. The maximum atomic E-state index is 13.1. The molecule has 6 nitrogen and oxygen atoms in total. The molecule has 3 heterocycles. The molecule has 0 bridgehead atoms. The predicted molar refractivity (Wildman–Crippen MR) is 121 cm³/mol. The van der Waals surface area contributed by atoms with E-state index < -0.39 is 0 Å². The van der Waals surface area contributed by atoms with E-state index in [1.807, 2.05) is 25.1 Å². The molecule has 1 N–H and O–H groups in total. The van der Waals surface area contributed by atoms with Crippen LogP contribution in [0.3, 0.4) is 0 Å². The molecule has 6 heteroatoms. The van der Waals surface area contributed by atoms with E-state index in [0.29, 0.717) is 31.3 Å². The fourth-order valence-corrected chi connectivity index (χ4v) is 4.53. The first kappa shape index (κ1) is 20.8. The summed E-state index contributed by atoms with van der Waals surface area (Å²) in [5, 5.41) is 3.19. The van der Waals surface area contributed by atoms with Crippen molar-refractivity contribution in [2.24, 2.45) is 0 Å². The molecular weight excluding hydrogens is 404 g/mol. The van der Waals surface area contributed by atoms with Gasteiger partial charge in [0.1, 0.15) is 11.5 Å². The van der Waals surface area contributed by atoms with Crippen LogP contribution in [0.1, 0.15) is 51.2 Å². The second-order valence-electron chi connectivity index (χ2n) is 8.62. The number of rotatable bonds is 5. The number of ether oxygens (including phenoxy) is 2. The molecule has 1 amide bonds. The lowest BCUT2D eigenvalue weighted by molar-refractivity contribution is 0.0695. The minimum Gasteiger partial charge on any atom is -0.492 e. The highest BCUT2D eigenvalue weighted by Gasteiger charge is 2.26. The Kier molecular flexibility index (Phi) is 5.70. The van der Waals surface area contributed by atoms with Crippen LogP contribution in [0.4, 0.5) is 0 Å². The molecular formula is C26H28N2O4. The number of aromatic nitrogens is 1. The Morgan fingerprint density at radius 3 is 2.62 bits per heavy atom. The summed E-state index contributed by atoms with van der Waals surface area (Å²) in [7, 11) is 0. The number of hydrogen-bond donors (Lipinski definition) is 1. The predicted octanol–water partition coefficient (Wildman–Crippen LogP) is 4.39. The highest BCUT2D eigenvalue weighted by molar-refractivity contribution is 5.98. The molecule has 0 unspecified atom stereocenters. The zero-order valence-electron chi connectivity index (χ0n) is 18.6. The number of amides is 1. The van der Waals surface area contributed by atoms with Crippen molar-refractivity contribution in [1.29, 1.82) is 0 Å². The normalized spacial score (nSPS) is 15.9. The standard InChI is InChI=1S/C26H28N2O4/c1-16-15-27-26(32-16)19-5-3-18(4-6-19)13-20-14-23(24-22(17(20)2)9-12-31-24)25(29)28-21-7-10-30-11-8-21/h3-6,14-15,21H,7-13H2,1-2H3,(H,28,29). The number of aryl methyl sites for hydroxylation is 1. The highest BCUT2D eigenvalue weighted by Crippen LogP contribution is 2.35. The third-order valence-corrected chi connectivity index (χ3v) is 6.39. The molecule has 1 saturated heterocycles. The van der Waals surface area contributed by atoms with E-state index in [-0.39, 0.29) is 11.9 Å². The van der Waals surface area contributed by atoms with Crippen molar-refractivity contribution in [1.82, 2.24) is 10.3 Å². The lowest BCUT2D eigenvalue weighted by Gasteiger charge is -2.24. The lowest BCUT2D eigenvalue weighted by atomic mass is 9.92. The number of carbonyl (C=O) groups excluding carboxylic acids is 1. The number of hydrogen-bond acceptors (Lipinski definition) is 5. The van der Waals surface area contributed by atoms with E-state index in [1.54, 1.807) is 6.20 Å². The first-order chi connectivity index (χ1) is 15.6. The number of nitrogens with one attached hydrogen (secondary N) is 1. The molecule has 0 atom stereocenters. The zero-order chi connectivity index (χ0) is 22.1. The van der Waals surface area contributed by atoms with Gasteiger partial charge in [-0.1, -0.05) is 12.1 Å². The van der Waals surface area contributed by atoms with Crippen LogP contribution in [-0.4, -0.2) is 36.8 Å². The summed E-state index contributed by atoms with van der Waals surface area (Å²) in [6.45, 7) is 6.04. The van der Waals surface area contributed by atoms with Crippen LogP contribution < -0.4 is 10.1 Å². The number of nitrogens with zero attached hydrogens (tertiary/aromatic N) is 1. The monoisotopic (exact) mass is 432 g/mol. The van der Waals surface area contributed by atoms with Gasteiger partial charge >= 0.3 is 0 Å². The summed E-state index contributed by atoms with van der Waals surface area (Å²) in [4.78, 5) is 17.4. The molecule has 0 aliphatic carbocycles. The van der Waals surface area contributed by atoms with Crippen LogP contribution >= 0.6 is 0 Å². The first-order valence-electron chi connectivity index (χ1n) is 11.3. The Morgan fingerprint density at radius 1 is 1.12 bits per heavy atom. The van der Waals surface area contributed by atoms with Crippen molar-refractivity contribution in [3.63, 3.8) is 0 Å². The number of carbonyl (C=O) groups is 1. The Bertz CT molecular complexity index is 1130. The summed E-state index contributed by atoms with van der Waals surface area (Å²) in [5.41, 5.74) is 6.31. The van der Waals surface area contributed by atoms with E-state index >= 15 is 0 Å². The maximum absolute atomic E-state index is 13.1. The molecule has 0 saturated carbocycles. The third kappa shape index (κ3) is 4.15. The van der Waals surface area contributed by atoms with E-state index in [4.69, 9.17) is 13.9 Å². The summed E-state index contributed by atoms with van der Waals surface area (Å²) < 4.78 is 16.9. The molecule has 0 spiro atoms. The Morgan fingerprint density at radius 2 is 1.91 bits per heavy atom. The highest BCUT2D eigenvalue weighted by atomic mass is 16.5. The largest absolute Gasteiger partial charge is 0.492 e. The van der Waals surface area contributed by atoms with Gasteiger partial charge in [-0.2, -0.15) is 0 Å². The topological polar surface area (TPSA) is 73.6 Å². The fraction of sp³-hybridized carbons (Fsp3) is 0.385. The quantitative estimate of drug-likeness (QED) is 0.647. The van der Waals surface area contributed by atoms with Gasteiger partial charge in [0, 0.05) is 36.8 Å². The van der Waals surface area contributed by atoms with Crippen molar-refractivity contribution in [2.75, 3.05) is 19.8 Å². The maximum Gasteiger partial charge on any atom is 0.255 e. The Balaban J connectivity index is 1.40. The van der Waals surface area contributed by atoms with Crippen LogP contribution in [0.5, 0.6) is 5.75 Å². The molecule has 166 valence electrons. The van der Waals surface area contributed by atoms with Gasteiger partial charge in [-0.05, 0) is 68.0 Å². The number of fused-ring (bicyclic) bond motifs is 1. The Hall–Kier alpha value is -3.12. The van der Waals surface area contributed by atoms with Crippen molar-refractivity contribution in [2.45, 2.75) is 45.6 Å². The fourth-order valence-electron chi connectivity index (χ4n) is 4.53. The van der Waals surface area contributed by atoms with Gasteiger partial charge in [-0.3, -0.25) is 4.79 Å². The van der Waals surface area contributed by atoms with Crippen molar-refractivity contribution in [3.05, 3.63) is 70.1 Å². The summed E-state index contributed by atoms with van der Waals surface area (Å²) in [6, 6.07) is 10.4. The minimum absolute atomic E-state index is 0.0501. The van der Waals surface area contributed by atoms with Crippen molar-refractivity contribution < 1.29 is 18.7 Å². The molecule has 0 radical (unpaired) electrons. The van der Waals surface area contributed by atoms with E-state index in [2.05, 4.69) is 29.4 Å². The van der Waals surface area contributed by atoms with Crippen molar-refractivity contribution >= 4 is 5.91 Å². The molecule has 3 aromatic rings. The summed E-state index contributed by atoms with van der Waals surface area (Å²) >= 11 is 0. The van der Waals surface area contributed by atoms with Crippen molar-refractivity contribution in [3.8, 4) is 17.2 Å². The van der Waals surface area contributed by atoms with Gasteiger partial charge in [0.25, 0.3) is 5.91 Å². The van der Waals surface area contributed by atoms with E-state index in [0.717, 1.165) is 53.9 Å². The van der Waals surface area contributed by atoms with Gasteiger partial charge in [-0.15, -0.1) is 0 Å². The van der Waals surface area contributed by atoms with Crippen LogP contribution in [0, 0.1) is 13.8 Å². The SMILES string of the molecule is Cc1cnc(-c2ccc(Cc3cc(C(=O)NC4CCOCC4)c4c(c3C)CCO4)cc2)o1. The zero-order valence-corrected chi connectivity index (χ0v) is 18.6. The van der Waals surface area contributed by atoms with E-state index in [9.17, 15) is 4.79 Å². The average Bonchev–Trinajstić information content (AvgIpc) is 3.46. The van der Waals surface area contributed by atoms with Gasteiger partial charge in [0.05, 0.1) is 18.4 Å². The number of benzene rings is 2. The Labute approximate surface area is 188 Å². The molecule has 2 aromatic carbocycles. The lowest BCUT2D eigenvalue weighted by Crippen LogP contribution is -2.39. The van der Waals surface area contributed by atoms with Crippen LogP contribution in [-0.2, 0) is 17.6 Å². The average molecular weight is 433 g/mol. The summed E-state index contributed by atoms with van der Waals surface area (Å²) in [5.74, 6) is 2.13.